The number of ether oxygens (including phenoxy) is 1. The van der Waals surface area contributed by atoms with Gasteiger partial charge in [-0.3, -0.25) is 4.57 Å². The van der Waals surface area contributed by atoms with Crippen molar-refractivity contribution in [1.82, 2.24) is 24.9 Å². The van der Waals surface area contributed by atoms with Gasteiger partial charge in [0.2, 0.25) is 11.7 Å². The highest BCUT2D eigenvalue weighted by Gasteiger charge is 2.20. The highest BCUT2D eigenvalue weighted by Crippen LogP contribution is 2.32. The average Bonchev–Trinajstić information content (AvgIpc) is 3.51. The minimum Gasteiger partial charge on any atom is -0.496 e. The van der Waals surface area contributed by atoms with Gasteiger partial charge in [-0.05, 0) is 43.3 Å². The summed E-state index contributed by atoms with van der Waals surface area (Å²) < 4.78 is 27.3. The van der Waals surface area contributed by atoms with E-state index in [1.54, 1.807) is 25.3 Å². The molecule has 0 atom stereocenters. The fourth-order valence-electron chi connectivity index (χ4n) is 3.49. The Morgan fingerprint density at radius 3 is 2.44 bits per heavy atom. The van der Waals surface area contributed by atoms with Gasteiger partial charge in [0.25, 0.3) is 0 Å². The summed E-state index contributed by atoms with van der Waals surface area (Å²) in [5.41, 5.74) is 3.07. The molecule has 2 aromatic heterocycles. The lowest BCUT2D eigenvalue weighted by atomic mass is 10.2. The summed E-state index contributed by atoms with van der Waals surface area (Å²) in [6.07, 6.45) is 0. The monoisotopic (exact) mass is 473 g/mol. The predicted octanol–water partition coefficient (Wildman–Crippen LogP) is 5.73. The Bertz CT molecular complexity index is 1430. The topological polar surface area (TPSA) is 78.9 Å². The molecule has 34 heavy (non-hydrogen) atoms. The molecule has 170 valence electrons. The van der Waals surface area contributed by atoms with Crippen LogP contribution < -0.4 is 4.74 Å². The molecule has 2 heterocycles. The van der Waals surface area contributed by atoms with Gasteiger partial charge in [-0.1, -0.05) is 58.9 Å². The van der Waals surface area contributed by atoms with Crippen molar-refractivity contribution in [3.8, 4) is 34.2 Å². The third-order valence-electron chi connectivity index (χ3n) is 5.18. The molecule has 5 aromatic rings. The average molecular weight is 474 g/mol. The molecule has 0 saturated carbocycles. The van der Waals surface area contributed by atoms with Crippen molar-refractivity contribution in [2.45, 2.75) is 17.8 Å². The Hall–Kier alpha value is -3.98. The Balaban J connectivity index is 1.46. The maximum absolute atomic E-state index is 14.6. The first-order chi connectivity index (χ1) is 16.6. The van der Waals surface area contributed by atoms with Crippen LogP contribution in [0.25, 0.3) is 28.5 Å². The lowest BCUT2D eigenvalue weighted by molar-refractivity contribution is 0.390. The SMILES string of the molecule is COc1ccccc1-c1noc(CSc2nnc(-c3ccccc3F)n2-c2ccc(C)cc2)n1. The zero-order valence-corrected chi connectivity index (χ0v) is 19.3. The van der Waals surface area contributed by atoms with E-state index in [0.717, 1.165) is 16.8 Å². The Kier molecular flexibility index (Phi) is 6.09. The summed E-state index contributed by atoms with van der Waals surface area (Å²) in [5, 5.41) is 13.3. The van der Waals surface area contributed by atoms with Crippen LogP contribution in [0.5, 0.6) is 5.75 Å². The number of aryl methyl sites for hydroxylation is 1. The van der Waals surface area contributed by atoms with Crippen molar-refractivity contribution < 1.29 is 13.7 Å². The van der Waals surface area contributed by atoms with Gasteiger partial charge in [-0.25, -0.2) is 4.39 Å². The van der Waals surface area contributed by atoms with Crippen LogP contribution in [0.15, 0.2) is 82.5 Å². The molecule has 5 rings (SSSR count). The number of nitrogens with zero attached hydrogens (tertiary/aromatic N) is 5. The van der Waals surface area contributed by atoms with Crippen molar-refractivity contribution in [2.75, 3.05) is 7.11 Å². The molecule has 7 nitrogen and oxygen atoms in total. The standard InChI is InChI=1S/C25H20FN5O2S/c1-16-11-13-17(14-12-16)31-24(18-7-3-5-9-20(18)26)28-29-25(31)34-15-22-27-23(30-33-22)19-8-4-6-10-21(19)32-2/h3-14H,15H2,1-2H3. The molecule has 9 heteroatoms. The zero-order valence-electron chi connectivity index (χ0n) is 18.5. The van der Waals surface area contributed by atoms with Crippen molar-refractivity contribution in [2.24, 2.45) is 0 Å². The second-order valence-corrected chi connectivity index (χ2v) is 8.40. The summed E-state index contributed by atoms with van der Waals surface area (Å²) >= 11 is 1.38. The number of para-hydroxylation sites is 1. The van der Waals surface area contributed by atoms with E-state index < -0.39 is 0 Å². The van der Waals surface area contributed by atoms with E-state index >= 15 is 0 Å². The molecule has 0 N–H and O–H groups in total. The summed E-state index contributed by atoms with van der Waals surface area (Å²) in [4.78, 5) is 4.50. The molecular formula is C25H20FN5O2S. The van der Waals surface area contributed by atoms with Gasteiger partial charge < -0.3 is 9.26 Å². The number of methoxy groups -OCH3 is 1. The molecule has 3 aromatic carbocycles. The van der Waals surface area contributed by atoms with Crippen LogP contribution in [0.4, 0.5) is 4.39 Å². The third kappa shape index (κ3) is 4.29. The maximum atomic E-state index is 14.6. The van der Waals surface area contributed by atoms with E-state index in [1.807, 2.05) is 60.0 Å². The first-order valence-corrected chi connectivity index (χ1v) is 11.5. The van der Waals surface area contributed by atoms with Crippen LogP contribution in [0.2, 0.25) is 0 Å². The van der Waals surface area contributed by atoms with Crippen molar-refractivity contribution >= 4 is 11.8 Å². The number of hydrogen-bond acceptors (Lipinski definition) is 7. The number of benzene rings is 3. The van der Waals surface area contributed by atoms with Gasteiger partial charge in [-0.2, -0.15) is 4.98 Å². The molecule has 0 aliphatic carbocycles. The van der Waals surface area contributed by atoms with Gasteiger partial charge in [0.15, 0.2) is 11.0 Å². The number of halogens is 1. The van der Waals surface area contributed by atoms with Gasteiger partial charge in [0.1, 0.15) is 11.6 Å². The lowest BCUT2D eigenvalue weighted by Crippen LogP contribution is -2.01. The van der Waals surface area contributed by atoms with Crippen molar-refractivity contribution in [1.29, 1.82) is 0 Å². The fraction of sp³-hybridized carbons (Fsp3) is 0.120. The quantitative estimate of drug-likeness (QED) is 0.279. The predicted molar refractivity (Wildman–Crippen MR) is 127 cm³/mol. The molecule has 0 radical (unpaired) electrons. The summed E-state index contributed by atoms with van der Waals surface area (Å²) in [5.74, 6) is 1.96. The second kappa shape index (κ2) is 9.48. The minimum absolute atomic E-state index is 0.363. The molecule has 0 spiro atoms. The van der Waals surface area contributed by atoms with E-state index in [2.05, 4.69) is 20.3 Å². The Morgan fingerprint density at radius 2 is 1.68 bits per heavy atom. The molecule has 0 bridgehead atoms. The zero-order chi connectivity index (χ0) is 23.5. The smallest absolute Gasteiger partial charge is 0.237 e. The molecule has 0 amide bonds. The fourth-order valence-corrected chi connectivity index (χ4v) is 4.27. The maximum Gasteiger partial charge on any atom is 0.237 e. The van der Waals surface area contributed by atoms with E-state index in [-0.39, 0.29) is 5.82 Å². The lowest BCUT2D eigenvalue weighted by Gasteiger charge is -2.10. The Labute approximate surface area is 199 Å². The van der Waals surface area contributed by atoms with Crippen molar-refractivity contribution in [3.63, 3.8) is 0 Å². The van der Waals surface area contributed by atoms with Crippen LogP contribution in [0, 0.1) is 12.7 Å². The van der Waals surface area contributed by atoms with Crippen LogP contribution >= 0.6 is 11.8 Å². The van der Waals surface area contributed by atoms with Gasteiger partial charge in [0, 0.05) is 5.69 Å². The molecule has 0 unspecified atom stereocenters. The van der Waals surface area contributed by atoms with E-state index in [4.69, 9.17) is 9.26 Å². The number of hydrogen-bond donors (Lipinski definition) is 0. The first-order valence-electron chi connectivity index (χ1n) is 10.5. The van der Waals surface area contributed by atoms with E-state index in [1.165, 1.54) is 17.8 Å². The number of thioether (sulfide) groups is 1. The second-order valence-electron chi connectivity index (χ2n) is 7.46. The number of aromatic nitrogens is 5. The van der Waals surface area contributed by atoms with Gasteiger partial charge >= 0.3 is 0 Å². The molecule has 0 saturated heterocycles. The third-order valence-corrected chi connectivity index (χ3v) is 6.09. The molecule has 0 aliphatic rings. The highest BCUT2D eigenvalue weighted by atomic mass is 32.2. The first kappa shape index (κ1) is 21.8. The van der Waals surface area contributed by atoms with E-state index in [0.29, 0.717) is 39.8 Å². The van der Waals surface area contributed by atoms with Crippen LogP contribution in [0.3, 0.4) is 0 Å². The highest BCUT2D eigenvalue weighted by molar-refractivity contribution is 7.98. The summed E-state index contributed by atoms with van der Waals surface area (Å²) in [6, 6.07) is 21.9. The summed E-state index contributed by atoms with van der Waals surface area (Å²) in [6.45, 7) is 2.01. The van der Waals surface area contributed by atoms with E-state index in [9.17, 15) is 4.39 Å². The Morgan fingerprint density at radius 1 is 0.941 bits per heavy atom. The number of rotatable bonds is 7. The van der Waals surface area contributed by atoms with Crippen LogP contribution in [-0.4, -0.2) is 32.0 Å². The van der Waals surface area contributed by atoms with Crippen LogP contribution in [0.1, 0.15) is 11.5 Å². The molecular weight excluding hydrogens is 453 g/mol. The van der Waals surface area contributed by atoms with Gasteiger partial charge in [0.05, 0.1) is 24.0 Å². The summed E-state index contributed by atoms with van der Waals surface area (Å²) in [7, 11) is 1.60. The minimum atomic E-state index is -0.363. The normalized spacial score (nSPS) is 11.0. The van der Waals surface area contributed by atoms with Crippen molar-refractivity contribution in [3.05, 3.63) is 90.1 Å². The largest absolute Gasteiger partial charge is 0.496 e. The molecule has 0 aliphatic heterocycles. The van der Waals surface area contributed by atoms with Crippen LogP contribution in [-0.2, 0) is 5.75 Å². The van der Waals surface area contributed by atoms with Gasteiger partial charge in [-0.15, -0.1) is 10.2 Å². The molecule has 0 fully saturated rings.